The Balaban J connectivity index is 0.000000261. The zero-order valence-corrected chi connectivity index (χ0v) is 69.6. The Morgan fingerprint density at radius 1 is 0.402 bits per heavy atom. The standard InChI is InChI=1S/C27H32F4N6O6.C26H30F4N6O6.C26H29F4N5O7/c1-10(2)20-26(42)33-12(4)18(35-25(41)19-15(38)7-6-8-32-19)24(40)34-14(21(39)11(3)27(43)37(20)5)9-13-16(28)17(29)23(31)36-22(13)30;1-9(2)17-24(40)32-11(4)18(35-26(42)19-14(37)6-5-7-31-19)25(41)33-13(20(38)10(3)23(39)34-17)8-12-15(27)16(28)22(30)36-21(12)29;1-9(2)20-25(40)32-11(4)17(34-24(39)18-14(36)6-5-7-31-18)23(38)33-13(19(37)10(3)26(41)42-20)8-12-15(27)16(28)22(30)35-21(12)29/h6-8,10-12,14,18,20-21,38-39H,9H2,1-5H3,(H,33,42)(H,34,40)(H,35,41);5-7,9-11,13,17-18,20,37-38H,8H2,1-4H3,(H,32,40)(H,33,41)(H,34,39)(H,35,42);5-7,9-11,13,17,19-20,36-37H,8H2,1-4H3,(H,32,40)(H,33,38)(H,34,39)/t11-,12-,14+,18+,20?,21+;10-,11-,13+,17?,18+,20+;10-,11-,13+,17+,19+,20?/m111/s1. The van der Waals surface area contributed by atoms with Crippen LogP contribution < -0.4 is 53.2 Å². The van der Waals surface area contributed by atoms with Gasteiger partial charge < -0.3 is 93.4 Å². The van der Waals surface area contributed by atoms with Gasteiger partial charge in [-0.15, -0.1) is 0 Å². The summed E-state index contributed by atoms with van der Waals surface area (Å²) in [5.74, 6) is -42.6. The quantitative estimate of drug-likeness (QED) is 0.0393. The number of pyridine rings is 6. The summed E-state index contributed by atoms with van der Waals surface area (Å²) in [6.07, 6.45) is -6.61. The molecule has 3 aliphatic rings. The molecule has 3 aliphatic heterocycles. The van der Waals surface area contributed by atoms with Crippen LogP contribution in [0, 0.1) is 106 Å². The van der Waals surface area contributed by atoms with Gasteiger partial charge in [0.05, 0.1) is 72.3 Å². The molecule has 0 aromatic carbocycles. The summed E-state index contributed by atoms with van der Waals surface area (Å²) < 4.78 is 174. The van der Waals surface area contributed by atoms with Crippen LogP contribution in [0.15, 0.2) is 55.0 Å². The second kappa shape index (κ2) is 43.3. The third-order valence-electron chi connectivity index (χ3n) is 20.8. The van der Waals surface area contributed by atoms with E-state index in [1.165, 1.54) is 84.5 Å². The van der Waals surface area contributed by atoms with Gasteiger partial charge >= 0.3 is 5.97 Å². The van der Waals surface area contributed by atoms with E-state index in [4.69, 9.17) is 4.74 Å². The minimum absolute atomic E-state index is 0.465. The number of carbonyl (C=O) groups excluding carboxylic acids is 12. The molecule has 0 spiro atoms. The predicted octanol–water partition coefficient (Wildman–Crippen LogP) is 1.43. The SMILES string of the molecule is CC(C)C1C(=O)N[C@H](C)[C@H](NC(=O)c2ncccc2O)C(=O)N[C@@H](Cc2c(F)nc(F)c(F)c2F)[C@@H](O)[C@@H](C)C(=O)N1C.CC(C)C1NC(=O)[C@H](C)[C@H](O)[C@H](Cc2c(F)nc(F)c(F)c2F)NC(=O)[C@@H](NC(=O)c2ncccc2O)[C@@H](C)NC1=O.CC(C)C1OC(=O)[C@H](C)[C@H](O)[C@H](Cc2c(F)nc(F)c(F)c2F)NC(=O)[C@@H](NC(=O)c2ncccc2O)[C@@H](C)NC1=O. The first-order valence-corrected chi connectivity index (χ1v) is 38.9. The van der Waals surface area contributed by atoms with Crippen LogP contribution in [0.3, 0.4) is 0 Å². The van der Waals surface area contributed by atoms with Crippen LogP contribution in [0.25, 0.3) is 0 Å². The molecular weight excluding hydrogens is 1720 g/mol. The van der Waals surface area contributed by atoms with Gasteiger partial charge in [0.15, 0.2) is 40.6 Å². The maximum Gasteiger partial charge on any atom is 0.312 e. The van der Waals surface area contributed by atoms with Crippen molar-refractivity contribution in [3.05, 3.63) is 159 Å². The Labute approximate surface area is 714 Å². The van der Waals surface area contributed by atoms with Crippen molar-refractivity contribution in [3.63, 3.8) is 0 Å². The van der Waals surface area contributed by atoms with Gasteiger partial charge in [0.1, 0.15) is 47.5 Å². The van der Waals surface area contributed by atoms with Crippen LogP contribution >= 0.6 is 0 Å². The summed E-state index contributed by atoms with van der Waals surface area (Å²) in [5, 5.41) is 87.3. The molecule has 16 N–H and O–H groups in total. The van der Waals surface area contributed by atoms with Gasteiger partial charge in [-0.1, -0.05) is 55.4 Å². The average molecular weight is 1810 g/mol. The van der Waals surface area contributed by atoms with Crippen LogP contribution in [-0.4, -0.2) is 234 Å². The van der Waals surface area contributed by atoms with E-state index in [-0.39, 0.29) is 0 Å². The molecule has 0 saturated carbocycles. The third-order valence-corrected chi connectivity index (χ3v) is 20.8. The predicted molar refractivity (Wildman–Crippen MR) is 412 cm³/mol. The van der Waals surface area contributed by atoms with Crippen LogP contribution in [0.1, 0.15) is 131 Å². The Morgan fingerprint density at radius 2 is 0.717 bits per heavy atom. The number of aliphatic hydroxyl groups is 3. The normalized spacial score (nSPS) is 25.5. The molecule has 6 aromatic heterocycles. The number of aromatic hydroxyl groups is 3. The van der Waals surface area contributed by atoms with Crippen LogP contribution in [0.2, 0.25) is 0 Å². The second-order valence-corrected chi connectivity index (χ2v) is 31.0. The number of ether oxygens (including phenoxy) is 1. The summed E-state index contributed by atoms with van der Waals surface area (Å²) in [7, 11) is 1.31. The molecule has 0 bridgehead atoms. The molecular formula is C79H91F12N17O19. The van der Waals surface area contributed by atoms with Crippen molar-refractivity contribution >= 4 is 70.9 Å². The van der Waals surface area contributed by atoms with Crippen molar-refractivity contribution in [1.29, 1.82) is 0 Å². The van der Waals surface area contributed by atoms with Gasteiger partial charge in [0.25, 0.3) is 41.5 Å². The lowest BCUT2D eigenvalue weighted by Crippen LogP contribution is -2.64. The first kappa shape index (κ1) is 101. The van der Waals surface area contributed by atoms with Crippen molar-refractivity contribution in [3.8, 4) is 17.2 Å². The summed E-state index contributed by atoms with van der Waals surface area (Å²) in [5.41, 5.74) is -4.81. The smallest absolute Gasteiger partial charge is 0.312 e. The minimum Gasteiger partial charge on any atom is -0.505 e. The van der Waals surface area contributed by atoms with Crippen LogP contribution in [0.4, 0.5) is 52.7 Å². The van der Waals surface area contributed by atoms with Crippen molar-refractivity contribution in [2.45, 2.75) is 193 Å². The summed E-state index contributed by atoms with van der Waals surface area (Å²) in [6.45, 7) is 17.2. The van der Waals surface area contributed by atoms with E-state index in [1.807, 2.05) is 0 Å². The zero-order chi connectivity index (χ0) is 95.3. The van der Waals surface area contributed by atoms with Gasteiger partial charge in [-0.2, -0.15) is 54.5 Å². The second-order valence-electron chi connectivity index (χ2n) is 31.0. The van der Waals surface area contributed by atoms with E-state index in [0.717, 1.165) is 24.0 Å². The fourth-order valence-corrected chi connectivity index (χ4v) is 13.5. The molecule has 3 saturated heterocycles. The van der Waals surface area contributed by atoms with Gasteiger partial charge in [-0.05, 0) is 81.8 Å². The highest BCUT2D eigenvalue weighted by Gasteiger charge is 2.46. The maximum atomic E-state index is 14.6. The molecule has 3 fully saturated rings. The fourth-order valence-electron chi connectivity index (χ4n) is 13.5. The molecule has 18 atom stereocenters. The third kappa shape index (κ3) is 24.2. The number of rotatable bonds is 15. The van der Waals surface area contributed by atoms with E-state index >= 15 is 0 Å². The van der Waals surface area contributed by atoms with E-state index in [0.29, 0.717) is 0 Å². The Kier molecular flexibility index (Phi) is 34.4. The Hall–Kier alpha value is -13.0. The van der Waals surface area contributed by atoms with E-state index in [2.05, 4.69) is 83.1 Å². The number of amides is 11. The number of likely N-dealkylation sites (N-methyl/N-ethyl adjacent to an activating group) is 1. The molecule has 3 unspecified atom stereocenters. The molecule has 690 valence electrons. The maximum absolute atomic E-state index is 14.6. The number of nitrogens with one attached hydrogen (secondary N) is 10. The first-order chi connectivity index (χ1) is 59.3. The Bertz CT molecular complexity index is 4950. The highest BCUT2D eigenvalue weighted by Crippen LogP contribution is 2.29. The number of aromatic nitrogens is 6. The lowest BCUT2D eigenvalue weighted by molar-refractivity contribution is -0.166. The summed E-state index contributed by atoms with van der Waals surface area (Å²) in [6, 6.07) is -8.62. The van der Waals surface area contributed by atoms with E-state index in [9.17, 15) is 141 Å². The number of halogens is 12. The number of hydrogen-bond acceptors (Lipinski definition) is 25. The molecule has 127 heavy (non-hydrogen) atoms. The summed E-state index contributed by atoms with van der Waals surface area (Å²) >= 11 is 0. The number of aliphatic hydroxyl groups excluding tert-OH is 3. The van der Waals surface area contributed by atoms with Gasteiger partial charge in [0, 0.05) is 61.6 Å². The molecule has 6 aromatic rings. The molecule has 48 heteroatoms. The average Bonchev–Trinajstić information content (AvgIpc) is 0.801. The summed E-state index contributed by atoms with van der Waals surface area (Å²) in [4.78, 5) is 178. The first-order valence-electron chi connectivity index (χ1n) is 38.9. The van der Waals surface area contributed by atoms with Crippen molar-refractivity contribution in [2.24, 2.45) is 35.5 Å². The number of cyclic esters (lactones) is 1. The van der Waals surface area contributed by atoms with Gasteiger partial charge in [-0.25, -0.2) is 28.1 Å². The van der Waals surface area contributed by atoms with Crippen molar-refractivity contribution in [2.75, 3.05) is 7.05 Å². The van der Waals surface area contributed by atoms with Crippen LogP contribution in [0.5, 0.6) is 17.2 Å². The van der Waals surface area contributed by atoms with E-state index < -0.39 is 338 Å². The number of esters is 1. The Morgan fingerprint density at radius 3 is 1.03 bits per heavy atom. The minimum atomic E-state index is -2.11. The van der Waals surface area contributed by atoms with Gasteiger partial charge in [-0.3, -0.25) is 57.5 Å². The zero-order valence-electron chi connectivity index (χ0n) is 69.6. The molecule has 9 heterocycles. The molecule has 36 nitrogen and oxygen atoms in total. The van der Waals surface area contributed by atoms with E-state index in [1.54, 1.807) is 41.5 Å². The van der Waals surface area contributed by atoms with Gasteiger partial charge in [0.2, 0.25) is 76.6 Å². The fraction of sp³-hybridized carbons (Fsp3) is 0.468. The topological polar surface area (TPSA) is 536 Å². The monoisotopic (exact) mass is 1810 g/mol. The largest absolute Gasteiger partial charge is 0.505 e. The highest BCUT2D eigenvalue weighted by molar-refractivity contribution is 6.01. The molecule has 0 aliphatic carbocycles. The lowest BCUT2D eigenvalue weighted by Gasteiger charge is -2.38. The lowest BCUT2D eigenvalue weighted by atomic mass is 9.90. The molecule has 9 rings (SSSR count). The number of carbonyl (C=O) groups is 12. The van der Waals surface area contributed by atoms with Crippen LogP contribution in [-0.2, 0) is 67.2 Å². The van der Waals surface area contributed by atoms with Crippen molar-refractivity contribution < 1.29 is 146 Å². The molecule has 11 amide bonds. The van der Waals surface area contributed by atoms with Crippen molar-refractivity contribution in [1.82, 2.24) is 88.0 Å². The number of hydrogen-bond donors (Lipinski definition) is 16. The number of nitrogens with zero attached hydrogens (tertiary/aromatic N) is 7. The highest BCUT2D eigenvalue weighted by atomic mass is 19.2. The molecule has 0 radical (unpaired) electrons.